The van der Waals surface area contributed by atoms with Crippen molar-refractivity contribution in [1.29, 1.82) is 0 Å². The molecule has 4 rings (SSSR count). The van der Waals surface area contributed by atoms with E-state index >= 15 is 0 Å². The average Bonchev–Trinajstić information content (AvgIpc) is 2.83. The van der Waals surface area contributed by atoms with Crippen molar-refractivity contribution >= 4 is 32.7 Å². The zero-order valence-electron chi connectivity index (χ0n) is 17.0. The summed E-state index contributed by atoms with van der Waals surface area (Å²) in [5, 5.41) is 20.9. The number of hydroxylamine groups is 1. The number of carbonyl (C=O) groups excluding carboxylic acids is 1. The van der Waals surface area contributed by atoms with Crippen molar-refractivity contribution < 1.29 is 23.5 Å². The van der Waals surface area contributed by atoms with E-state index in [1.807, 2.05) is 29.2 Å². The molecule has 2 aromatic carbocycles. The average molecular weight is 458 g/mol. The molecule has 10 nitrogen and oxygen atoms in total. The van der Waals surface area contributed by atoms with Crippen molar-refractivity contribution in [2.24, 2.45) is 5.92 Å². The minimum atomic E-state index is -3.75. The van der Waals surface area contributed by atoms with Gasteiger partial charge in [0.25, 0.3) is 5.91 Å². The lowest BCUT2D eigenvalue weighted by Crippen LogP contribution is -2.48. The van der Waals surface area contributed by atoms with E-state index in [1.165, 1.54) is 17.9 Å². The Hall–Kier alpha value is -3.12. The third-order valence-corrected chi connectivity index (χ3v) is 6.97. The Morgan fingerprint density at radius 3 is 2.56 bits per heavy atom. The summed E-state index contributed by atoms with van der Waals surface area (Å²) in [7, 11) is -3.75. The number of nitrogens with one attached hydrogen (secondary N) is 2. The number of benzene rings is 2. The Morgan fingerprint density at radius 1 is 1.12 bits per heavy atom. The number of amides is 1. The molecule has 2 heterocycles. The number of aliphatic hydroxyl groups is 1. The fourth-order valence-electron chi connectivity index (χ4n) is 3.70. The minimum Gasteiger partial charge on any atom is -0.393 e. The third-order valence-electron chi connectivity index (χ3n) is 5.55. The van der Waals surface area contributed by atoms with Gasteiger partial charge < -0.3 is 10.0 Å². The van der Waals surface area contributed by atoms with Crippen LogP contribution in [0.5, 0.6) is 0 Å². The van der Waals surface area contributed by atoms with Crippen LogP contribution in [0.3, 0.4) is 0 Å². The number of piperidine rings is 1. The van der Waals surface area contributed by atoms with Gasteiger partial charge in [-0.15, -0.1) is 0 Å². The van der Waals surface area contributed by atoms with Crippen LogP contribution in [0.25, 0.3) is 10.8 Å². The standard InChI is InChI=1S/C21H23N5O5S/c27-19-7-8-26(21-22-10-16(11-23-21)20(28)25-29)13-17(19)12-24-32(30,31)18-6-5-14-3-1-2-4-15(14)9-18/h1-6,9-11,17,19,24,27,29H,7-8,12-13H2,(H,25,28)/t17-,19+/m1/s1. The van der Waals surface area contributed by atoms with Crippen molar-refractivity contribution in [1.82, 2.24) is 20.2 Å². The van der Waals surface area contributed by atoms with Gasteiger partial charge in [0, 0.05) is 37.9 Å². The van der Waals surface area contributed by atoms with E-state index in [2.05, 4.69) is 14.7 Å². The van der Waals surface area contributed by atoms with Gasteiger partial charge in [0.05, 0.1) is 16.6 Å². The molecule has 0 unspecified atom stereocenters. The molecule has 1 aromatic heterocycles. The lowest BCUT2D eigenvalue weighted by Gasteiger charge is -2.36. The van der Waals surface area contributed by atoms with Gasteiger partial charge in [-0.25, -0.2) is 28.6 Å². The van der Waals surface area contributed by atoms with Crippen molar-refractivity contribution in [3.8, 4) is 0 Å². The molecule has 1 amide bonds. The normalized spacial score (nSPS) is 19.1. The number of rotatable bonds is 6. The zero-order chi connectivity index (χ0) is 22.7. The molecule has 1 aliphatic heterocycles. The first-order valence-electron chi connectivity index (χ1n) is 10.1. The summed E-state index contributed by atoms with van der Waals surface area (Å²) in [4.78, 5) is 21.7. The lowest BCUT2D eigenvalue weighted by atomic mass is 9.95. The van der Waals surface area contributed by atoms with Crippen molar-refractivity contribution in [2.75, 3.05) is 24.5 Å². The fourth-order valence-corrected chi connectivity index (χ4v) is 4.83. The number of hydrogen-bond donors (Lipinski definition) is 4. The molecule has 32 heavy (non-hydrogen) atoms. The molecule has 168 valence electrons. The molecular formula is C21H23N5O5S. The first-order valence-corrected chi connectivity index (χ1v) is 11.5. The molecule has 1 saturated heterocycles. The number of aliphatic hydroxyl groups excluding tert-OH is 1. The summed E-state index contributed by atoms with van der Waals surface area (Å²) >= 11 is 0. The summed E-state index contributed by atoms with van der Waals surface area (Å²) in [6, 6.07) is 12.5. The predicted molar refractivity (Wildman–Crippen MR) is 117 cm³/mol. The highest BCUT2D eigenvalue weighted by molar-refractivity contribution is 7.89. The van der Waals surface area contributed by atoms with Crippen molar-refractivity contribution in [2.45, 2.75) is 17.4 Å². The van der Waals surface area contributed by atoms with Crippen LogP contribution in [0.2, 0.25) is 0 Å². The monoisotopic (exact) mass is 457 g/mol. The summed E-state index contributed by atoms with van der Waals surface area (Å²) < 4.78 is 28.2. The Bertz CT molecular complexity index is 1220. The highest BCUT2D eigenvalue weighted by Gasteiger charge is 2.30. The molecule has 0 spiro atoms. The lowest BCUT2D eigenvalue weighted by molar-refractivity contribution is 0.0705. The van der Waals surface area contributed by atoms with Gasteiger partial charge in [-0.1, -0.05) is 30.3 Å². The second-order valence-electron chi connectivity index (χ2n) is 7.64. The Balaban J connectivity index is 1.44. The quantitative estimate of drug-likeness (QED) is 0.316. The van der Waals surface area contributed by atoms with Gasteiger partial charge in [-0.3, -0.25) is 10.0 Å². The van der Waals surface area contributed by atoms with E-state index in [9.17, 15) is 18.3 Å². The van der Waals surface area contributed by atoms with Crippen LogP contribution in [-0.4, -0.2) is 60.3 Å². The van der Waals surface area contributed by atoms with E-state index in [1.54, 1.807) is 18.2 Å². The number of nitrogens with zero attached hydrogens (tertiary/aromatic N) is 3. The zero-order valence-corrected chi connectivity index (χ0v) is 17.9. The molecule has 1 aliphatic rings. The molecule has 3 aromatic rings. The maximum atomic E-state index is 12.8. The van der Waals surface area contributed by atoms with E-state index in [0.717, 1.165) is 10.8 Å². The molecule has 0 aliphatic carbocycles. The summed E-state index contributed by atoms with van der Waals surface area (Å²) in [6.07, 6.45) is 2.32. The van der Waals surface area contributed by atoms with Crippen LogP contribution < -0.4 is 15.1 Å². The Labute approximate surface area is 184 Å². The topological polar surface area (TPSA) is 145 Å². The number of carbonyl (C=O) groups is 1. The molecule has 1 fully saturated rings. The van der Waals surface area contributed by atoms with E-state index in [-0.39, 0.29) is 22.9 Å². The number of aromatic nitrogens is 2. The first-order chi connectivity index (χ1) is 15.4. The highest BCUT2D eigenvalue weighted by Crippen LogP contribution is 2.22. The maximum Gasteiger partial charge on any atom is 0.277 e. The van der Waals surface area contributed by atoms with Gasteiger partial charge in [-0.05, 0) is 29.3 Å². The van der Waals surface area contributed by atoms with Crippen molar-refractivity contribution in [3.05, 3.63) is 60.4 Å². The molecule has 4 N–H and O–H groups in total. The molecule has 0 bridgehead atoms. The molecule has 0 radical (unpaired) electrons. The minimum absolute atomic E-state index is 0.0534. The highest BCUT2D eigenvalue weighted by atomic mass is 32.2. The SMILES string of the molecule is O=C(NO)c1cnc(N2CC[C@H](O)[C@H](CNS(=O)(=O)c3ccc4ccccc4c3)C2)nc1. The Morgan fingerprint density at radius 2 is 1.84 bits per heavy atom. The second kappa shape index (κ2) is 9.17. The molecular weight excluding hydrogens is 434 g/mol. The third kappa shape index (κ3) is 4.70. The molecule has 0 saturated carbocycles. The maximum absolute atomic E-state index is 12.8. The molecule has 11 heteroatoms. The van der Waals surface area contributed by atoms with Gasteiger partial charge in [0.2, 0.25) is 16.0 Å². The van der Waals surface area contributed by atoms with Crippen LogP contribution in [0.4, 0.5) is 5.95 Å². The van der Waals surface area contributed by atoms with Gasteiger partial charge in [-0.2, -0.15) is 0 Å². The number of sulfonamides is 1. The van der Waals surface area contributed by atoms with E-state index in [4.69, 9.17) is 5.21 Å². The van der Waals surface area contributed by atoms with Crippen LogP contribution >= 0.6 is 0 Å². The smallest absolute Gasteiger partial charge is 0.277 e. The van der Waals surface area contributed by atoms with E-state index < -0.39 is 22.0 Å². The Kier molecular flexibility index (Phi) is 6.33. The summed E-state index contributed by atoms with van der Waals surface area (Å²) in [5.74, 6) is -0.733. The number of fused-ring (bicyclic) bond motifs is 1. The largest absolute Gasteiger partial charge is 0.393 e. The van der Waals surface area contributed by atoms with Crippen LogP contribution in [0.1, 0.15) is 16.8 Å². The van der Waals surface area contributed by atoms with Crippen molar-refractivity contribution in [3.63, 3.8) is 0 Å². The summed E-state index contributed by atoms with van der Waals surface area (Å²) in [5.41, 5.74) is 1.62. The number of anilines is 1. The predicted octanol–water partition coefficient (Wildman–Crippen LogP) is 0.915. The van der Waals surface area contributed by atoms with Crippen LogP contribution in [0, 0.1) is 5.92 Å². The second-order valence-corrected chi connectivity index (χ2v) is 9.40. The van der Waals surface area contributed by atoms with E-state index in [0.29, 0.717) is 25.5 Å². The van der Waals surface area contributed by atoms with Gasteiger partial charge in [0.1, 0.15) is 0 Å². The fraction of sp³-hybridized carbons (Fsp3) is 0.286. The van der Waals surface area contributed by atoms with Gasteiger partial charge in [0.15, 0.2) is 0 Å². The number of hydrogen-bond acceptors (Lipinski definition) is 8. The first kappa shape index (κ1) is 22.1. The summed E-state index contributed by atoms with van der Waals surface area (Å²) in [6.45, 7) is 0.880. The van der Waals surface area contributed by atoms with Crippen LogP contribution in [-0.2, 0) is 10.0 Å². The van der Waals surface area contributed by atoms with Crippen LogP contribution in [0.15, 0.2) is 59.8 Å². The molecule has 2 atom stereocenters. The van der Waals surface area contributed by atoms with Gasteiger partial charge >= 0.3 is 0 Å².